The minimum absolute atomic E-state index is 0.0665. The van der Waals surface area contributed by atoms with Crippen molar-refractivity contribution in [2.45, 2.75) is 0 Å². The van der Waals surface area contributed by atoms with E-state index in [0.717, 1.165) is 0 Å². The number of carbonyl (C=O) groups is 1. The highest BCUT2D eigenvalue weighted by atomic mass is 79.9. The molecular weight excluding hydrogens is 319 g/mol. The van der Waals surface area contributed by atoms with E-state index >= 15 is 0 Å². The van der Waals surface area contributed by atoms with Crippen molar-refractivity contribution in [2.75, 3.05) is 7.11 Å². The van der Waals surface area contributed by atoms with E-state index in [1.54, 1.807) is 6.07 Å². The molecule has 1 aromatic heterocycles. The Kier molecular flexibility index (Phi) is 4.06. The molecule has 7 heteroatoms. The van der Waals surface area contributed by atoms with E-state index < -0.39 is 11.8 Å². The van der Waals surface area contributed by atoms with E-state index in [0.29, 0.717) is 4.47 Å². The van der Waals surface area contributed by atoms with Gasteiger partial charge in [-0.25, -0.2) is 19.2 Å². The van der Waals surface area contributed by atoms with E-state index in [2.05, 4.69) is 30.6 Å². The van der Waals surface area contributed by atoms with Gasteiger partial charge < -0.3 is 9.47 Å². The summed E-state index contributed by atoms with van der Waals surface area (Å²) < 4.78 is 23.4. The van der Waals surface area contributed by atoms with Crippen LogP contribution in [0.15, 0.2) is 35.1 Å². The second-order valence-corrected chi connectivity index (χ2v) is 4.26. The number of methoxy groups -OCH3 is 1. The van der Waals surface area contributed by atoms with Crippen molar-refractivity contribution in [3.8, 4) is 11.6 Å². The molecule has 0 aliphatic carbocycles. The lowest BCUT2D eigenvalue weighted by Crippen LogP contribution is -2.04. The topological polar surface area (TPSA) is 61.3 Å². The highest BCUT2D eigenvalue weighted by Gasteiger charge is 2.09. The molecule has 19 heavy (non-hydrogen) atoms. The average molecular weight is 327 g/mol. The SMILES string of the molecule is COC(=O)c1cnc(Oc2ccc(Br)c(F)c2)cn1. The smallest absolute Gasteiger partial charge is 0.358 e. The fourth-order valence-electron chi connectivity index (χ4n) is 1.24. The van der Waals surface area contributed by atoms with E-state index in [4.69, 9.17) is 4.74 Å². The third-order valence-electron chi connectivity index (χ3n) is 2.14. The Hall–Kier alpha value is -2.02. The van der Waals surface area contributed by atoms with Crippen LogP contribution in [0.3, 0.4) is 0 Å². The molecule has 0 amide bonds. The van der Waals surface area contributed by atoms with E-state index in [9.17, 15) is 9.18 Å². The van der Waals surface area contributed by atoms with Crippen LogP contribution in [0.4, 0.5) is 4.39 Å². The van der Waals surface area contributed by atoms with Gasteiger partial charge >= 0.3 is 5.97 Å². The van der Waals surface area contributed by atoms with Gasteiger partial charge in [-0.05, 0) is 28.1 Å². The minimum Gasteiger partial charge on any atom is -0.464 e. The molecule has 0 N–H and O–H groups in total. The molecule has 1 heterocycles. The molecule has 0 saturated carbocycles. The fraction of sp³-hybridized carbons (Fsp3) is 0.0833. The molecular formula is C12H8BrFN2O3. The Balaban J connectivity index is 2.15. The molecule has 0 atom stereocenters. The third-order valence-corrected chi connectivity index (χ3v) is 2.78. The Morgan fingerprint density at radius 1 is 1.32 bits per heavy atom. The molecule has 0 fully saturated rings. The predicted octanol–water partition coefficient (Wildman–Crippen LogP) is 2.96. The minimum atomic E-state index is -0.589. The molecule has 0 unspecified atom stereocenters. The van der Waals surface area contributed by atoms with Crippen LogP contribution >= 0.6 is 15.9 Å². The second-order valence-electron chi connectivity index (χ2n) is 3.41. The van der Waals surface area contributed by atoms with Gasteiger partial charge in [0, 0.05) is 6.07 Å². The zero-order chi connectivity index (χ0) is 13.8. The van der Waals surface area contributed by atoms with Crippen LogP contribution in [-0.4, -0.2) is 23.0 Å². The molecule has 0 radical (unpaired) electrons. The number of rotatable bonds is 3. The summed E-state index contributed by atoms with van der Waals surface area (Å²) in [5.74, 6) is -0.611. The van der Waals surface area contributed by atoms with Gasteiger partial charge in [0.1, 0.15) is 11.6 Å². The molecule has 0 saturated heterocycles. The number of hydrogen-bond acceptors (Lipinski definition) is 5. The summed E-state index contributed by atoms with van der Waals surface area (Å²) in [6.45, 7) is 0. The second kappa shape index (κ2) is 5.75. The highest BCUT2D eigenvalue weighted by molar-refractivity contribution is 9.10. The number of carbonyl (C=O) groups excluding carboxylic acids is 1. The summed E-state index contributed by atoms with van der Waals surface area (Å²) in [7, 11) is 1.25. The molecule has 0 aliphatic rings. The first-order valence-corrected chi connectivity index (χ1v) is 5.92. The molecule has 0 aliphatic heterocycles. The monoisotopic (exact) mass is 326 g/mol. The molecule has 1 aromatic carbocycles. The largest absolute Gasteiger partial charge is 0.464 e. The average Bonchev–Trinajstić information content (AvgIpc) is 2.43. The van der Waals surface area contributed by atoms with Gasteiger partial charge in [-0.2, -0.15) is 0 Å². The van der Waals surface area contributed by atoms with Crippen LogP contribution in [0, 0.1) is 5.82 Å². The molecule has 2 aromatic rings. The first kappa shape index (κ1) is 13.4. The lowest BCUT2D eigenvalue weighted by molar-refractivity contribution is 0.0593. The first-order chi connectivity index (χ1) is 9.10. The van der Waals surface area contributed by atoms with Gasteiger partial charge in [-0.1, -0.05) is 0 Å². The number of hydrogen-bond donors (Lipinski definition) is 0. The van der Waals surface area contributed by atoms with Crippen molar-refractivity contribution >= 4 is 21.9 Å². The molecule has 0 bridgehead atoms. The van der Waals surface area contributed by atoms with Gasteiger partial charge in [0.2, 0.25) is 5.88 Å². The van der Waals surface area contributed by atoms with E-state index in [-0.39, 0.29) is 17.3 Å². The van der Waals surface area contributed by atoms with Gasteiger partial charge in [-0.15, -0.1) is 0 Å². The van der Waals surface area contributed by atoms with Crippen LogP contribution in [0.25, 0.3) is 0 Å². The lowest BCUT2D eigenvalue weighted by Gasteiger charge is -2.05. The van der Waals surface area contributed by atoms with Crippen LogP contribution < -0.4 is 4.74 Å². The van der Waals surface area contributed by atoms with Gasteiger partial charge in [0.25, 0.3) is 0 Å². The van der Waals surface area contributed by atoms with Crippen molar-refractivity contribution in [3.63, 3.8) is 0 Å². The number of nitrogens with zero attached hydrogens (tertiary/aromatic N) is 2. The molecule has 5 nitrogen and oxygen atoms in total. The summed E-state index contributed by atoms with van der Waals surface area (Å²) in [5, 5.41) is 0. The zero-order valence-corrected chi connectivity index (χ0v) is 11.3. The Morgan fingerprint density at radius 3 is 2.68 bits per heavy atom. The van der Waals surface area contributed by atoms with Crippen molar-refractivity contribution in [3.05, 3.63) is 46.6 Å². The first-order valence-electron chi connectivity index (χ1n) is 5.13. The molecule has 2 rings (SSSR count). The number of aromatic nitrogens is 2. The Morgan fingerprint density at radius 2 is 2.11 bits per heavy atom. The van der Waals surface area contributed by atoms with Crippen molar-refractivity contribution < 1.29 is 18.7 Å². The summed E-state index contributed by atoms with van der Waals surface area (Å²) in [5.41, 5.74) is 0.0665. The van der Waals surface area contributed by atoms with Gasteiger partial charge in [0.15, 0.2) is 5.69 Å². The predicted molar refractivity (Wildman–Crippen MR) is 67.5 cm³/mol. The number of halogens is 2. The summed E-state index contributed by atoms with van der Waals surface area (Å²) in [4.78, 5) is 18.8. The summed E-state index contributed by atoms with van der Waals surface area (Å²) in [6.07, 6.45) is 2.47. The fourth-order valence-corrected chi connectivity index (χ4v) is 1.49. The molecule has 98 valence electrons. The van der Waals surface area contributed by atoms with Gasteiger partial charge in [0.05, 0.1) is 24.0 Å². The van der Waals surface area contributed by atoms with E-state index in [1.807, 2.05) is 0 Å². The van der Waals surface area contributed by atoms with E-state index in [1.165, 1.54) is 31.6 Å². The maximum absolute atomic E-state index is 13.3. The molecule has 0 spiro atoms. The number of ether oxygens (including phenoxy) is 2. The van der Waals surface area contributed by atoms with Crippen molar-refractivity contribution in [2.24, 2.45) is 0 Å². The van der Waals surface area contributed by atoms with Gasteiger partial charge in [-0.3, -0.25) is 0 Å². The summed E-state index contributed by atoms with van der Waals surface area (Å²) >= 11 is 3.04. The maximum Gasteiger partial charge on any atom is 0.358 e. The lowest BCUT2D eigenvalue weighted by atomic mass is 10.3. The van der Waals surface area contributed by atoms with Crippen LogP contribution in [-0.2, 0) is 4.74 Å². The van der Waals surface area contributed by atoms with Crippen LogP contribution in [0.1, 0.15) is 10.5 Å². The maximum atomic E-state index is 13.3. The number of esters is 1. The standard InChI is InChI=1S/C12H8BrFN2O3/c1-18-12(17)10-5-16-11(6-15-10)19-7-2-3-8(13)9(14)4-7/h2-6H,1H3. The van der Waals surface area contributed by atoms with Crippen LogP contribution in [0.5, 0.6) is 11.6 Å². The Labute approximate surface area is 116 Å². The zero-order valence-electron chi connectivity index (χ0n) is 9.76. The summed E-state index contributed by atoms with van der Waals surface area (Å²) in [6, 6.07) is 4.30. The Bertz CT molecular complexity index is 604. The number of benzene rings is 1. The third kappa shape index (κ3) is 3.25. The quantitative estimate of drug-likeness (QED) is 0.811. The normalized spacial score (nSPS) is 10.1. The van der Waals surface area contributed by atoms with Crippen molar-refractivity contribution in [1.29, 1.82) is 0 Å². The van der Waals surface area contributed by atoms with Crippen LogP contribution in [0.2, 0.25) is 0 Å². The van der Waals surface area contributed by atoms with Crippen molar-refractivity contribution in [1.82, 2.24) is 9.97 Å². The highest BCUT2D eigenvalue weighted by Crippen LogP contribution is 2.24.